The van der Waals surface area contributed by atoms with Crippen LogP contribution >= 0.6 is 0 Å². The molecule has 1 fully saturated rings. The smallest absolute Gasteiger partial charge is 0.225 e. The Balaban J connectivity index is 2.82. The Bertz CT molecular complexity index is 303. The van der Waals surface area contributed by atoms with Gasteiger partial charge in [0.05, 0.1) is 5.54 Å². The summed E-state index contributed by atoms with van der Waals surface area (Å²) in [6, 6.07) is 0. The topological polar surface area (TPSA) is 20.3 Å². The highest BCUT2D eigenvalue weighted by molar-refractivity contribution is 5.80. The van der Waals surface area contributed by atoms with Crippen LogP contribution in [0.2, 0.25) is 0 Å². The number of hydrogen-bond acceptors (Lipinski definition) is 1. The van der Waals surface area contributed by atoms with Crippen molar-refractivity contribution in [2.24, 2.45) is 5.92 Å². The number of carbonyl (C=O) groups is 1. The summed E-state index contributed by atoms with van der Waals surface area (Å²) < 4.78 is 0. The second-order valence-corrected chi connectivity index (χ2v) is 3.78. The lowest BCUT2D eigenvalue weighted by Gasteiger charge is -2.30. The van der Waals surface area contributed by atoms with Crippen LogP contribution < -0.4 is 0 Å². The fourth-order valence-corrected chi connectivity index (χ4v) is 1.44. The summed E-state index contributed by atoms with van der Waals surface area (Å²) in [6.45, 7) is 4.29. The number of terminal acetylenes is 2. The Kier molecular flexibility index (Phi) is 2.34. The Labute approximate surface area is 79.3 Å². The maximum atomic E-state index is 11.5. The molecule has 0 spiro atoms. The molecule has 0 aromatic heterocycles. The summed E-state index contributed by atoms with van der Waals surface area (Å²) in [5, 5.41) is 0. The van der Waals surface area contributed by atoms with Crippen LogP contribution in [0, 0.1) is 30.6 Å². The van der Waals surface area contributed by atoms with Crippen LogP contribution in [0.4, 0.5) is 0 Å². The van der Waals surface area contributed by atoms with Crippen LogP contribution in [0.5, 0.6) is 0 Å². The van der Waals surface area contributed by atoms with Gasteiger partial charge in [-0.3, -0.25) is 4.79 Å². The minimum atomic E-state index is -0.511. The molecule has 0 bridgehead atoms. The van der Waals surface area contributed by atoms with Gasteiger partial charge in [0.25, 0.3) is 0 Å². The van der Waals surface area contributed by atoms with Crippen LogP contribution in [-0.2, 0) is 4.79 Å². The van der Waals surface area contributed by atoms with E-state index in [1.807, 2.05) is 13.8 Å². The summed E-state index contributed by atoms with van der Waals surface area (Å²) in [5.41, 5.74) is -0.511. The largest absolute Gasteiger partial charge is 0.325 e. The third kappa shape index (κ3) is 1.68. The van der Waals surface area contributed by atoms with Gasteiger partial charge in [-0.05, 0) is 13.8 Å². The number of hydrogen-bond donors (Lipinski definition) is 0. The van der Waals surface area contributed by atoms with E-state index in [4.69, 9.17) is 12.8 Å². The molecule has 1 unspecified atom stereocenters. The van der Waals surface area contributed by atoms with Crippen molar-refractivity contribution in [3.63, 3.8) is 0 Å². The summed E-state index contributed by atoms with van der Waals surface area (Å²) in [5.74, 6) is 5.27. The lowest BCUT2D eigenvalue weighted by atomic mass is 10.1. The first-order valence-corrected chi connectivity index (χ1v) is 4.25. The highest BCUT2D eigenvalue weighted by Crippen LogP contribution is 2.24. The van der Waals surface area contributed by atoms with Gasteiger partial charge in [0.1, 0.15) is 0 Å². The maximum absolute atomic E-state index is 11.5. The first-order valence-electron chi connectivity index (χ1n) is 4.25. The van der Waals surface area contributed by atoms with Crippen molar-refractivity contribution in [3.05, 3.63) is 0 Å². The lowest BCUT2D eigenvalue weighted by Crippen LogP contribution is -2.43. The first-order chi connectivity index (χ1) is 6.01. The normalized spacial score (nSPS) is 22.6. The number of amides is 1. The fourth-order valence-electron chi connectivity index (χ4n) is 1.44. The third-order valence-corrected chi connectivity index (χ3v) is 2.39. The summed E-state index contributed by atoms with van der Waals surface area (Å²) in [4.78, 5) is 13.2. The molecule has 1 atom stereocenters. The van der Waals surface area contributed by atoms with Gasteiger partial charge in [0.2, 0.25) is 5.91 Å². The third-order valence-electron chi connectivity index (χ3n) is 2.39. The summed E-state index contributed by atoms with van der Waals surface area (Å²) in [7, 11) is 0. The number of carbonyl (C=O) groups excluding carboxylic acids is 1. The van der Waals surface area contributed by atoms with E-state index in [0.717, 1.165) is 0 Å². The molecule has 1 heterocycles. The van der Waals surface area contributed by atoms with Crippen molar-refractivity contribution < 1.29 is 4.79 Å². The van der Waals surface area contributed by atoms with Crippen molar-refractivity contribution in [3.8, 4) is 24.7 Å². The zero-order chi connectivity index (χ0) is 10.1. The molecule has 68 valence electrons. The minimum Gasteiger partial charge on any atom is -0.325 e. The van der Waals surface area contributed by atoms with E-state index in [1.165, 1.54) is 0 Å². The molecule has 1 saturated heterocycles. The number of nitrogens with zero attached hydrogens (tertiary/aromatic N) is 1. The molecule has 13 heavy (non-hydrogen) atoms. The molecule has 0 aliphatic carbocycles. The standard InChI is InChI=1S/C11H13NO/c1-5-9-7-10(13)12(8-9)11(3,4)6-2/h1-2,9H,7-8H2,3-4H3. The van der Waals surface area contributed by atoms with Gasteiger partial charge in [-0.1, -0.05) is 5.92 Å². The molecule has 0 saturated carbocycles. The zero-order valence-electron chi connectivity index (χ0n) is 8.00. The van der Waals surface area contributed by atoms with Gasteiger partial charge < -0.3 is 4.90 Å². The van der Waals surface area contributed by atoms with Gasteiger partial charge in [0.15, 0.2) is 0 Å². The van der Waals surface area contributed by atoms with Gasteiger partial charge in [0, 0.05) is 18.9 Å². The van der Waals surface area contributed by atoms with Crippen LogP contribution in [0.25, 0.3) is 0 Å². The molecule has 1 rings (SSSR count). The predicted molar refractivity (Wildman–Crippen MR) is 51.6 cm³/mol. The van der Waals surface area contributed by atoms with E-state index in [1.54, 1.807) is 4.90 Å². The molecule has 1 amide bonds. The van der Waals surface area contributed by atoms with Crippen molar-refractivity contribution in [1.82, 2.24) is 4.90 Å². The second-order valence-electron chi connectivity index (χ2n) is 3.78. The molecule has 0 N–H and O–H groups in total. The molecule has 1 aliphatic rings. The first kappa shape index (κ1) is 9.68. The predicted octanol–water partition coefficient (Wildman–Crippen LogP) is 0.880. The summed E-state index contributed by atoms with van der Waals surface area (Å²) >= 11 is 0. The van der Waals surface area contributed by atoms with Gasteiger partial charge in [-0.15, -0.1) is 18.8 Å². The van der Waals surface area contributed by atoms with Crippen molar-refractivity contribution >= 4 is 5.91 Å². The van der Waals surface area contributed by atoms with Crippen molar-refractivity contribution in [1.29, 1.82) is 0 Å². The lowest BCUT2D eigenvalue weighted by molar-refractivity contribution is -0.130. The highest BCUT2D eigenvalue weighted by Gasteiger charge is 2.36. The van der Waals surface area contributed by atoms with Gasteiger partial charge >= 0.3 is 0 Å². The molecule has 2 heteroatoms. The molecular formula is C11H13NO. The monoisotopic (exact) mass is 175 g/mol. The molecule has 1 aliphatic heterocycles. The molecule has 0 radical (unpaired) electrons. The molecule has 2 nitrogen and oxygen atoms in total. The minimum absolute atomic E-state index is 0.0279. The molecule has 0 aromatic carbocycles. The SMILES string of the molecule is C#CC1CC(=O)N(C(C)(C)C#C)C1. The Hall–Kier alpha value is -1.41. The van der Waals surface area contributed by atoms with Crippen molar-refractivity contribution in [2.45, 2.75) is 25.8 Å². The Morgan fingerprint density at radius 1 is 1.54 bits per heavy atom. The molecular weight excluding hydrogens is 162 g/mol. The second kappa shape index (κ2) is 3.15. The average Bonchev–Trinajstić information content (AvgIpc) is 2.47. The van der Waals surface area contributed by atoms with Crippen LogP contribution in [0.3, 0.4) is 0 Å². The van der Waals surface area contributed by atoms with E-state index in [2.05, 4.69) is 11.8 Å². The number of rotatable bonds is 1. The number of likely N-dealkylation sites (tertiary alicyclic amines) is 1. The van der Waals surface area contributed by atoms with Crippen LogP contribution in [0.15, 0.2) is 0 Å². The zero-order valence-corrected chi connectivity index (χ0v) is 8.00. The Morgan fingerprint density at radius 2 is 2.15 bits per heavy atom. The van der Waals surface area contributed by atoms with E-state index in [0.29, 0.717) is 13.0 Å². The quantitative estimate of drug-likeness (QED) is 0.542. The Morgan fingerprint density at radius 3 is 2.54 bits per heavy atom. The van der Waals surface area contributed by atoms with E-state index in [-0.39, 0.29) is 11.8 Å². The fraction of sp³-hybridized carbons (Fsp3) is 0.545. The summed E-state index contributed by atoms with van der Waals surface area (Å²) in [6.07, 6.45) is 11.0. The van der Waals surface area contributed by atoms with E-state index >= 15 is 0 Å². The van der Waals surface area contributed by atoms with Crippen molar-refractivity contribution in [2.75, 3.05) is 6.54 Å². The van der Waals surface area contributed by atoms with Crippen LogP contribution in [-0.4, -0.2) is 22.9 Å². The van der Waals surface area contributed by atoms with E-state index in [9.17, 15) is 4.79 Å². The highest BCUT2D eigenvalue weighted by atomic mass is 16.2. The van der Waals surface area contributed by atoms with Gasteiger partial charge in [-0.25, -0.2) is 0 Å². The van der Waals surface area contributed by atoms with Gasteiger partial charge in [-0.2, -0.15) is 0 Å². The maximum Gasteiger partial charge on any atom is 0.225 e. The average molecular weight is 175 g/mol. The van der Waals surface area contributed by atoms with Crippen LogP contribution in [0.1, 0.15) is 20.3 Å². The van der Waals surface area contributed by atoms with E-state index < -0.39 is 5.54 Å². The molecule has 0 aromatic rings.